The van der Waals surface area contributed by atoms with Crippen molar-refractivity contribution in [2.45, 2.75) is 39.2 Å². The van der Waals surface area contributed by atoms with E-state index in [0.29, 0.717) is 23.7 Å². The van der Waals surface area contributed by atoms with Crippen LogP contribution in [0, 0.1) is 0 Å². The van der Waals surface area contributed by atoms with Gasteiger partial charge in [0, 0.05) is 24.6 Å². The molecule has 0 spiro atoms. The van der Waals surface area contributed by atoms with Gasteiger partial charge in [-0.15, -0.1) is 0 Å². The van der Waals surface area contributed by atoms with Crippen molar-refractivity contribution in [1.82, 2.24) is 15.0 Å². The van der Waals surface area contributed by atoms with Gasteiger partial charge in [0.05, 0.1) is 17.6 Å². The Hall–Kier alpha value is -3.48. The number of hydrogen-bond acceptors (Lipinski definition) is 6. The fourth-order valence-electron chi connectivity index (χ4n) is 2.88. The van der Waals surface area contributed by atoms with Crippen LogP contribution in [0.2, 0.25) is 0 Å². The van der Waals surface area contributed by atoms with E-state index in [-0.39, 0.29) is 5.91 Å². The van der Waals surface area contributed by atoms with Gasteiger partial charge in [0.25, 0.3) is 5.91 Å². The Morgan fingerprint density at radius 2 is 1.97 bits per heavy atom. The molecule has 0 unspecified atom stereocenters. The lowest BCUT2D eigenvalue weighted by atomic mass is 10.1. The van der Waals surface area contributed by atoms with Gasteiger partial charge in [-0.05, 0) is 42.7 Å². The topological polar surface area (TPSA) is 106 Å². The molecule has 0 fully saturated rings. The van der Waals surface area contributed by atoms with Crippen LogP contribution in [0.15, 0.2) is 55.0 Å². The number of benzene rings is 1. The number of nitrogens with two attached hydrogens (primary N) is 1. The van der Waals surface area contributed by atoms with E-state index < -0.39 is 0 Å². The molecule has 2 heterocycles. The highest BCUT2D eigenvalue weighted by Crippen LogP contribution is 2.17. The number of pyridine rings is 1. The molecule has 0 saturated carbocycles. The van der Waals surface area contributed by atoms with Crippen LogP contribution in [-0.2, 0) is 13.0 Å². The fraction of sp³-hybridized carbons (Fsp3) is 0.273. The maximum Gasteiger partial charge on any atom is 0.275 e. The number of rotatable bonds is 9. The molecule has 7 heteroatoms. The average Bonchev–Trinajstić information content (AvgIpc) is 2.74. The largest absolute Gasteiger partial charge is 0.382 e. The molecule has 7 nitrogen and oxygen atoms in total. The first-order valence-electron chi connectivity index (χ1n) is 9.81. The summed E-state index contributed by atoms with van der Waals surface area (Å²) in [5, 5.41) is 6.12. The molecular formula is C22H26N6O. The van der Waals surface area contributed by atoms with Crippen molar-refractivity contribution in [3.63, 3.8) is 0 Å². The summed E-state index contributed by atoms with van der Waals surface area (Å²) in [6.45, 7) is 2.73. The van der Waals surface area contributed by atoms with Crippen LogP contribution in [-0.4, -0.2) is 20.9 Å². The Balaban J connectivity index is 1.58. The average molecular weight is 390 g/mol. The number of hydrogen-bond donors (Lipinski definition) is 3. The number of aryl methyl sites for hydroxylation is 1. The van der Waals surface area contributed by atoms with Gasteiger partial charge in [-0.2, -0.15) is 0 Å². The van der Waals surface area contributed by atoms with Crippen LogP contribution in [0.4, 0.5) is 17.2 Å². The molecule has 0 radical (unpaired) electrons. The summed E-state index contributed by atoms with van der Waals surface area (Å²) in [4.78, 5) is 25.1. The van der Waals surface area contributed by atoms with Crippen LogP contribution in [0.25, 0.3) is 0 Å². The van der Waals surface area contributed by atoms with Crippen LogP contribution >= 0.6 is 0 Å². The quantitative estimate of drug-likeness (QED) is 0.476. The van der Waals surface area contributed by atoms with Gasteiger partial charge in [-0.1, -0.05) is 31.9 Å². The number of nitrogen functional groups attached to an aromatic ring is 1. The predicted octanol–water partition coefficient (Wildman–Crippen LogP) is 4.05. The van der Waals surface area contributed by atoms with E-state index in [1.807, 2.05) is 36.4 Å². The van der Waals surface area contributed by atoms with Crippen molar-refractivity contribution in [2.75, 3.05) is 16.4 Å². The molecule has 0 bridgehead atoms. The minimum atomic E-state index is -0.278. The highest BCUT2D eigenvalue weighted by Gasteiger charge is 2.09. The van der Waals surface area contributed by atoms with Crippen molar-refractivity contribution in [2.24, 2.45) is 0 Å². The van der Waals surface area contributed by atoms with Gasteiger partial charge in [-0.25, -0.2) is 9.97 Å². The number of aromatic nitrogens is 3. The fourth-order valence-corrected chi connectivity index (χ4v) is 2.88. The van der Waals surface area contributed by atoms with Crippen molar-refractivity contribution in [3.8, 4) is 0 Å². The van der Waals surface area contributed by atoms with E-state index in [2.05, 4.69) is 32.5 Å². The molecule has 2 aromatic heterocycles. The van der Waals surface area contributed by atoms with Crippen molar-refractivity contribution in [3.05, 3.63) is 71.9 Å². The van der Waals surface area contributed by atoms with Gasteiger partial charge in [0.1, 0.15) is 11.5 Å². The van der Waals surface area contributed by atoms with Gasteiger partial charge in [-0.3, -0.25) is 9.78 Å². The SMILES string of the molecule is CCCCCc1cnc(C(=O)Nc2cccc(CNc3cccnc3N)c2)cn1. The summed E-state index contributed by atoms with van der Waals surface area (Å²) >= 11 is 0. The molecule has 3 aromatic rings. The molecule has 0 aliphatic heterocycles. The summed E-state index contributed by atoms with van der Waals surface area (Å²) in [7, 11) is 0. The Bertz CT molecular complexity index is 942. The number of carbonyl (C=O) groups excluding carboxylic acids is 1. The van der Waals surface area contributed by atoms with Crippen LogP contribution in [0.5, 0.6) is 0 Å². The summed E-state index contributed by atoms with van der Waals surface area (Å²) in [5.41, 5.74) is 9.54. The Kier molecular flexibility index (Phi) is 7.10. The van der Waals surface area contributed by atoms with E-state index in [4.69, 9.17) is 5.73 Å². The maximum absolute atomic E-state index is 12.5. The molecule has 0 saturated heterocycles. The maximum atomic E-state index is 12.5. The van der Waals surface area contributed by atoms with E-state index in [1.54, 1.807) is 12.4 Å². The molecule has 29 heavy (non-hydrogen) atoms. The Labute approximate surface area is 170 Å². The van der Waals surface area contributed by atoms with E-state index in [1.165, 1.54) is 12.6 Å². The van der Waals surface area contributed by atoms with Crippen molar-refractivity contribution in [1.29, 1.82) is 0 Å². The first-order valence-corrected chi connectivity index (χ1v) is 9.81. The normalized spacial score (nSPS) is 10.5. The molecule has 0 aliphatic carbocycles. The summed E-state index contributed by atoms with van der Waals surface area (Å²) in [6, 6.07) is 11.3. The van der Waals surface area contributed by atoms with Gasteiger partial charge >= 0.3 is 0 Å². The zero-order chi connectivity index (χ0) is 20.5. The number of carbonyl (C=O) groups is 1. The minimum Gasteiger partial charge on any atom is -0.382 e. The Morgan fingerprint density at radius 3 is 2.72 bits per heavy atom. The summed E-state index contributed by atoms with van der Waals surface area (Å²) in [6.07, 6.45) is 9.18. The van der Waals surface area contributed by atoms with Crippen LogP contribution < -0.4 is 16.4 Å². The third kappa shape index (κ3) is 6.00. The van der Waals surface area contributed by atoms with E-state index in [0.717, 1.165) is 36.2 Å². The lowest BCUT2D eigenvalue weighted by Gasteiger charge is -2.10. The number of nitrogens with zero attached hydrogens (tertiary/aromatic N) is 3. The number of unbranched alkanes of at least 4 members (excludes halogenated alkanes) is 2. The number of anilines is 3. The third-order valence-electron chi connectivity index (χ3n) is 4.48. The Morgan fingerprint density at radius 1 is 1.07 bits per heavy atom. The second kappa shape index (κ2) is 10.2. The predicted molar refractivity (Wildman–Crippen MR) is 116 cm³/mol. The lowest BCUT2D eigenvalue weighted by Crippen LogP contribution is -2.14. The monoisotopic (exact) mass is 390 g/mol. The molecule has 150 valence electrons. The van der Waals surface area contributed by atoms with E-state index in [9.17, 15) is 4.79 Å². The van der Waals surface area contributed by atoms with Crippen molar-refractivity contribution < 1.29 is 4.79 Å². The smallest absolute Gasteiger partial charge is 0.275 e. The second-order valence-corrected chi connectivity index (χ2v) is 6.79. The highest BCUT2D eigenvalue weighted by atomic mass is 16.1. The molecular weight excluding hydrogens is 364 g/mol. The van der Waals surface area contributed by atoms with Crippen LogP contribution in [0.1, 0.15) is 47.9 Å². The zero-order valence-corrected chi connectivity index (χ0v) is 16.6. The lowest BCUT2D eigenvalue weighted by molar-refractivity contribution is 0.102. The van der Waals surface area contributed by atoms with Crippen molar-refractivity contribution >= 4 is 23.1 Å². The molecule has 1 amide bonds. The molecule has 0 atom stereocenters. The first kappa shape index (κ1) is 20.3. The molecule has 3 rings (SSSR count). The van der Waals surface area contributed by atoms with E-state index >= 15 is 0 Å². The van der Waals surface area contributed by atoms with Gasteiger partial charge in [0.2, 0.25) is 0 Å². The molecule has 4 N–H and O–H groups in total. The molecule has 0 aliphatic rings. The van der Waals surface area contributed by atoms with Gasteiger partial charge in [0.15, 0.2) is 0 Å². The number of nitrogens with one attached hydrogen (secondary N) is 2. The summed E-state index contributed by atoms with van der Waals surface area (Å²) in [5.74, 6) is 0.174. The minimum absolute atomic E-state index is 0.278. The van der Waals surface area contributed by atoms with Crippen LogP contribution in [0.3, 0.4) is 0 Å². The second-order valence-electron chi connectivity index (χ2n) is 6.79. The summed E-state index contributed by atoms with van der Waals surface area (Å²) < 4.78 is 0. The standard InChI is InChI=1S/C22H26N6O/c1-2-3-4-8-18-14-27-20(15-25-18)22(29)28-17-9-5-7-16(12-17)13-26-19-10-6-11-24-21(19)23/h5-7,9-12,14-15,26H,2-4,8,13H2,1H3,(H2,23,24)(H,28,29). The molecule has 1 aromatic carbocycles. The zero-order valence-electron chi connectivity index (χ0n) is 16.6. The number of amides is 1. The first-order chi connectivity index (χ1) is 14.2. The highest BCUT2D eigenvalue weighted by molar-refractivity contribution is 6.02. The van der Waals surface area contributed by atoms with Gasteiger partial charge < -0.3 is 16.4 Å². The third-order valence-corrected chi connectivity index (χ3v) is 4.48.